The van der Waals surface area contributed by atoms with E-state index in [1.54, 1.807) is 24.5 Å². The number of aryl methyl sites for hydroxylation is 1. The van der Waals surface area contributed by atoms with Gasteiger partial charge >= 0.3 is 6.18 Å². The highest BCUT2D eigenvalue weighted by Gasteiger charge is 2.34. The third-order valence-corrected chi connectivity index (χ3v) is 7.12. The number of hydrogen-bond donors (Lipinski definition) is 1. The van der Waals surface area contributed by atoms with Crippen molar-refractivity contribution in [2.45, 2.75) is 13.1 Å². The molecule has 0 spiro atoms. The molecule has 1 N–H and O–H groups in total. The molecule has 1 fully saturated rings. The minimum Gasteiger partial charge on any atom is -0.369 e. The number of nitrogens with zero attached hydrogens (tertiary/aromatic N) is 6. The van der Waals surface area contributed by atoms with E-state index in [9.17, 15) is 13.2 Å². The molecular weight excluding hydrogens is 503 g/mol. The first-order valence-electron chi connectivity index (χ1n) is 12.7. The van der Waals surface area contributed by atoms with Crippen LogP contribution in [0.3, 0.4) is 0 Å². The number of piperazine rings is 1. The van der Waals surface area contributed by atoms with Crippen LogP contribution in [-0.4, -0.2) is 58.1 Å². The van der Waals surface area contributed by atoms with E-state index in [-0.39, 0.29) is 11.3 Å². The van der Waals surface area contributed by atoms with Crippen molar-refractivity contribution in [2.75, 3.05) is 43.4 Å². The summed E-state index contributed by atoms with van der Waals surface area (Å²) in [7, 11) is 2.14. The second kappa shape index (κ2) is 9.77. The molecule has 0 saturated carbocycles. The number of pyridine rings is 2. The lowest BCUT2D eigenvalue weighted by atomic mass is 9.99. The van der Waals surface area contributed by atoms with Crippen LogP contribution in [0.15, 0.2) is 67.1 Å². The van der Waals surface area contributed by atoms with Gasteiger partial charge in [0.2, 0.25) is 5.95 Å². The van der Waals surface area contributed by atoms with Crippen molar-refractivity contribution in [3.05, 3.63) is 78.2 Å². The lowest BCUT2D eigenvalue weighted by molar-refractivity contribution is -0.137. The first-order valence-corrected chi connectivity index (χ1v) is 12.7. The summed E-state index contributed by atoms with van der Waals surface area (Å²) < 4.78 is 41.4. The molecule has 4 heterocycles. The third-order valence-electron chi connectivity index (χ3n) is 7.12. The summed E-state index contributed by atoms with van der Waals surface area (Å²) >= 11 is 0. The zero-order valence-electron chi connectivity index (χ0n) is 21.5. The molecule has 0 aliphatic carbocycles. The number of anilines is 3. The summed E-state index contributed by atoms with van der Waals surface area (Å²) in [6, 6.07) is 13.3. The molecule has 10 heteroatoms. The van der Waals surface area contributed by atoms with Gasteiger partial charge in [0.1, 0.15) is 11.0 Å². The van der Waals surface area contributed by atoms with Crippen LogP contribution < -0.4 is 10.2 Å². The normalized spacial score (nSPS) is 14.7. The predicted molar refractivity (Wildman–Crippen MR) is 147 cm³/mol. The molecule has 0 radical (unpaired) electrons. The summed E-state index contributed by atoms with van der Waals surface area (Å²) in [5.74, 6) is 0.365. The van der Waals surface area contributed by atoms with Gasteiger partial charge in [-0.05, 0) is 49.9 Å². The summed E-state index contributed by atoms with van der Waals surface area (Å²) in [6.45, 7) is 6.13. The fourth-order valence-electron chi connectivity index (χ4n) is 5.09. The highest BCUT2D eigenvalue weighted by molar-refractivity contribution is 6.09. The summed E-state index contributed by atoms with van der Waals surface area (Å²) in [5.41, 5.74) is 3.56. The van der Waals surface area contributed by atoms with Crippen molar-refractivity contribution in [1.82, 2.24) is 24.8 Å². The summed E-state index contributed by atoms with van der Waals surface area (Å²) in [6.07, 6.45) is 0.155. The molecule has 7 nitrogen and oxygen atoms in total. The van der Waals surface area contributed by atoms with E-state index in [0.29, 0.717) is 27.8 Å². The smallest absolute Gasteiger partial charge is 0.369 e. The highest BCUT2D eigenvalue weighted by Crippen LogP contribution is 2.39. The van der Waals surface area contributed by atoms with Gasteiger partial charge in [-0.15, -0.1) is 0 Å². The minimum absolute atomic E-state index is 0.00113. The molecule has 0 atom stereocenters. The van der Waals surface area contributed by atoms with Crippen molar-refractivity contribution < 1.29 is 13.2 Å². The molecule has 0 unspecified atom stereocenters. The Hall–Kier alpha value is -4.31. The van der Waals surface area contributed by atoms with E-state index >= 15 is 0 Å². The van der Waals surface area contributed by atoms with Crippen molar-refractivity contribution in [2.24, 2.45) is 0 Å². The molecular formula is C29H26F3N7. The Kier molecular flexibility index (Phi) is 6.26. The van der Waals surface area contributed by atoms with Gasteiger partial charge in [0.15, 0.2) is 0 Å². The molecule has 39 heavy (non-hydrogen) atoms. The predicted octanol–water partition coefficient (Wildman–Crippen LogP) is 6.06. The summed E-state index contributed by atoms with van der Waals surface area (Å²) in [4.78, 5) is 22.6. The van der Waals surface area contributed by atoms with Crippen LogP contribution in [0.25, 0.3) is 33.1 Å². The van der Waals surface area contributed by atoms with Crippen LogP contribution >= 0.6 is 0 Å². The van der Waals surface area contributed by atoms with E-state index in [4.69, 9.17) is 4.98 Å². The number of nitrogens with one attached hydrogen (secondary N) is 1. The highest BCUT2D eigenvalue weighted by atomic mass is 19.4. The second-order valence-corrected chi connectivity index (χ2v) is 9.77. The topological polar surface area (TPSA) is 70.1 Å². The number of halogens is 3. The second-order valence-electron chi connectivity index (χ2n) is 9.77. The largest absolute Gasteiger partial charge is 0.417 e. The number of hydrogen-bond acceptors (Lipinski definition) is 7. The van der Waals surface area contributed by atoms with Gasteiger partial charge < -0.3 is 15.1 Å². The zero-order chi connectivity index (χ0) is 27.1. The van der Waals surface area contributed by atoms with E-state index in [1.165, 1.54) is 24.0 Å². The van der Waals surface area contributed by atoms with Gasteiger partial charge in [0.25, 0.3) is 0 Å². The van der Waals surface area contributed by atoms with E-state index in [0.717, 1.165) is 43.5 Å². The molecule has 0 amide bonds. The van der Waals surface area contributed by atoms with E-state index in [2.05, 4.69) is 56.2 Å². The number of rotatable bonds is 4. The monoisotopic (exact) mass is 529 g/mol. The lowest BCUT2D eigenvalue weighted by Gasteiger charge is -2.35. The standard InChI is InChI=1S/C29H26F3N7/c1-18-15-19(7-8-25(18)39-13-11-38(2)12-14-39)35-28-34-17-24-27(37-28)22-16-33-10-9-20(22)26(36-24)21-5-3-4-6-23(21)29(30,31)32/h3-10,15-17H,11-14H2,1-2H3,(H,34,35,37). The van der Waals surface area contributed by atoms with Gasteiger partial charge in [-0.2, -0.15) is 13.2 Å². The Morgan fingerprint density at radius 1 is 0.897 bits per heavy atom. The number of fused-ring (bicyclic) bond motifs is 3. The quantitative estimate of drug-likeness (QED) is 0.284. The van der Waals surface area contributed by atoms with Crippen molar-refractivity contribution in [3.8, 4) is 11.3 Å². The molecule has 5 aromatic rings. The summed E-state index contributed by atoms with van der Waals surface area (Å²) in [5, 5.41) is 4.40. The van der Waals surface area contributed by atoms with Gasteiger partial charge in [-0.1, -0.05) is 18.2 Å². The molecule has 1 aliphatic heterocycles. The molecule has 198 valence electrons. The van der Waals surface area contributed by atoms with Crippen molar-refractivity contribution in [3.63, 3.8) is 0 Å². The Morgan fingerprint density at radius 2 is 1.69 bits per heavy atom. The van der Waals surface area contributed by atoms with Crippen LogP contribution in [0.4, 0.5) is 30.5 Å². The van der Waals surface area contributed by atoms with Gasteiger partial charge in [-0.25, -0.2) is 15.0 Å². The van der Waals surface area contributed by atoms with Crippen LogP contribution in [0.2, 0.25) is 0 Å². The van der Waals surface area contributed by atoms with Gasteiger partial charge in [0, 0.05) is 66.3 Å². The Morgan fingerprint density at radius 3 is 2.46 bits per heavy atom. The molecule has 6 rings (SSSR count). The van der Waals surface area contributed by atoms with Crippen molar-refractivity contribution in [1.29, 1.82) is 0 Å². The number of likely N-dealkylation sites (N-methyl/N-ethyl adjacent to an activating group) is 1. The van der Waals surface area contributed by atoms with E-state index < -0.39 is 11.7 Å². The fourth-order valence-corrected chi connectivity index (χ4v) is 5.09. The molecule has 1 saturated heterocycles. The van der Waals surface area contributed by atoms with Crippen LogP contribution in [0.5, 0.6) is 0 Å². The Bertz CT molecular complexity index is 1680. The van der Waals surface area contributed by atoms with E-state index in [1.807, 2.05) is 6.07 Å². The maximum atomic E-state index is 13.8. The average Bonchev–Trinajstić information content (AvgIpc) is 2.93. The first-order chi connectivity index (χ1) is 18.8. The van der Waals surface area contributed by atoms with Crippen molar-refractivity contribution >= 4 is 39.1 Å². The van der Waals surface area contributed by atoms with Crippen LogP contribution in [0, 0.1) is 6.92 Å². The minimum atomic E-state index is -4.52. The zero-order valence-corrected chi connectivity index (χ0v) is 21.5. The molecule has 3 aromatic heterocycles. The average molecular weight is 530 g/mol. The van der Waals surface area contributed by atoms with Crippen LogP contribution in [-0.2, 0) is 6.18 Å². The molecule has 2 aromatic carbocycles. The number of alkyl halides is 3. The molecule has 1 aliphatic rings. The lowest BCUT2D eigenvalue weighted by Crippen LogP contribution is -2.44. The fraction of sp³-hybridized carbons (Fsp3) is 0.241. The third kappa shape index (κ3) is 4.83. The Balaban J connectivity index is 1.37. The first kappa shape index (κ1) is 25.0. The number of aromatic nitrogens is 4. The number of benzene rings is 2. The van der Waals surface area contributed by atoms with Gasteiger partial charge in [0.05, 0.1) is 17.5 Å². The Labute approximate surface area is 223 Å². The maximum Gasteiger partial charge on any atom is 0.417 e. The maximum absolute atomic E-state index is 13.8. The van der Waals surface area contributed by atoms with Gasteiger partial charge in [-0.3, -0.25) is 4.98 Å². The molecule has 0 bridgehead atoms. The van der Waals surface area contributed by atoms with Crippen LogP contribution in [0.1, 0.15) is 11.1 Å². The SMILES string of the molecule is Cc1cc(Nc2ncc3nc(-c4ccccc4C(F)(F)F)c4ccncc4c3n2)ccc1N1CCN(C)CC1.